The van der Waals surface area contributed by atoms with Gasteiger partial charge < -0.3 is 15.5 Å². The lowest BCUT2D eigenvalue weighted by Gasteiger charge is -2.29. The minimum atomic E-state index is -1.05. The number of rotatable bonds is 4. The summed E-state index contributed by atoms with van der Waals surface area (Å²) in [5.41, 5.74) is 1.93. The van der Waals surface area contributed by atoms with E-state index in [9.17, 15) is 18.4 Å². The lowest BCUT2D eigenvalue weighted by Crippen LogP contribution is -2.45. The number of benzene rings is 1. The zero-order chi connectivity index (χ0) is 20.4. The number of pyridine rings is 1. The van der Waals surface area contributed by atoms with E-state index in [0.29, 0.717) is 11.3 Å². The molecular weight excluding hydrogens is 368 g/mol. The number of hydrogen-bond acceptors (Lipinski definition) is 4. The maximum Gasteiger partial charge on any atom is 0.322 e. The molecule has 9 heteroatoms. The maximum absolute atomic E-state index is 14.0. The molecular formula is C19H17F2N5O2. The Labute approximate surface area is 160 Å². The smallest absolute Gasteiger partial charge is 0.322 e. The van der Waals surface area contributed by atoms with E-state index in [1.54, 1.807) is 19.9 Å². The quantitative estimate of drug-likeness (QED) is 0.846. The van der Waals surface area contributed by atoms with Crippen LogP contribution in [0.2, 0.25) is 0 Å². The Kier molecular flexibility index (Phi) is 5.22. The molecule has 0 fully saturated rings. The summed E-state index contributed by atoms with van der Waals surface area (Å²) in [7, 11) is 0. The Hall–Kier alpha value is -3.54. The van der Waals surface area contributed by atoms with Crippen molar-refractivity contribution in [1.29, 1.82) is 5.26 Å². The Morgan fingerprint density at radius 3 is 2.89 bits per heavy atom. The molecule has 144 valence electrons. The molecule has 0 aliphatic carbocycles. The highest BCUT2D eigenvalue weighted by molar-refractivity contribution is 5.94. The zero-order valence-corrected chi connectivity index (χ0v) is 15.2. The minimum absolute atomic E-state index is 0.00921. The largest absolute Gasteiger partial charge is 0.346 e. The third kappa shape index (κ3) is 3.76. The van der Waals surface area contributed by atoms with Crippen molar-refractivity contribution in [1.82, 2.24) is 15.2 Å². The number of hydrogen-bond donors (Lipinski definition) is 2. The van der Waals surface area contributed by atoms with Gasteiger partial charge in [-0.2, -0.15) is 5.26 Å². The number of nitriles is 1. The fraction of sp³-hybridized carbons (Fsp3) is 0.263. The van der Waals surface area contributed by atoms with E-state index in [-0.39, 0.29) is 24.3 Å². The molecule has 0 saturated heterocycles. The summed E-state index contributed by atoms with van der Waals surface area (Å²) < 4.78 is 27.4. The van der Waals surface area contributed by atoms with Gasteiger partial charge in [0.25, 0.3) is 0 Å². The summed E-state index contributed by atoms with van der Waals surface area (Å²) in [6.07, 6.45) is 1.41. The van der Waals surface area contributed by atoms with Gasteiger partial charge in [-0.3, -0.25) is 9.78 Å². The molecule has 0 bridgehead atoms. The number of aryl methyl sites for hydroxylation is 1. The van der Waals surface area contributed by atoms with E-state index >= 15 is 0 Å². The predicted octanol–water partition coefficient (Wildman–Crippen LogP) is 2.76. The molecule has 0 spiro atoms. The SMILES string of the molecule is Cc1cc(C#N)cnc1[C@@H](C)NC(=O)CN1Cc2c(ccc(F)c2F)NC1=O. The first-order valence-electron chi connectivity index (χ1n) is 8.49. The third-order valence-electron chi connectivity index (χ3n) is 4.44. The van der Waals surface area contributed by atoms with Crippen LogP contribution >= 0.6 is 0 Å². The van der Waals surface area contributed by atoms with Gasteiger partial charge in [0.15, 0.2) is 11.6 Å². The van der Waals surface area contributed by atoms with Crippen molar-refractivity contribution < 1.29 is 18.4 Å². The second-order valence-corrected chi connectivity index (χ2v) is 6.50. The molecule has 0 unspecified atom stereocenters. The first-order chi connectivity index (χ1) is 13.3. The van der Waals surface area contributed by atoms with Crippen molar-refractivity contribution in [3.8, 4) is 6.07 Å². The number of halogens is 2. The summed E-state index contributed by atoms with van der Waals surface area (Å²) in [4.78, 5) is 29.8. The highest BCUT2D eigenvalue weighted by atomic mass is 19.2. The summed E-state index contributed by atoms with van der Waals surface area (Å²) in [5.74, 6) is -2.54. The van der Waals surface area contributed by atoms with Gasteiger partial charge in [0.05, 0.1) is 29.5 Å². The molecule has 28 heavy (non-hydrogen) atoms. The molecule has 1 aliphatic rings. The van der Waals surface area contributed by atoms with Gasteiger partial charge in [-0.15, -0.1) is 0 Å². The first kappa shape index (κ1) is 19.2. The molecule has 3 amide bonds. The topological polar surface area (TPSA) is 98.1 Å². The summed E-state index contributed by atoms with van der Waals surface area (Å²) in [5, 5.41) is 14.1. The zero-order valence-electron chi connectivity index (χ0n) is 15.2. The van der Waals surface area contributed by atoms with Crippen molar-refractivity contribution in [2.75, 3.05) is 11.9 Å². The van der Waals surface area contributed by atoms with Crippen LogP contribution in [0.3, 0.4) is 0 Å². The van der Waals surface area contributed by atoms with E-state index in [0.717, 1.165) is 16.5 Å². The number of aromatic nitrogens is 1. The van der Waals surface area contributed by atoms with E-state index in [1.807, 2.05) is 6.07 Å². The van der Waals surface area contributed by atoms with Gasteiger partial charge in [-0.25, -0.2) is 13.6 Å². The van der Waals surface area contributed by atoms with E-state index in [2.05, 4.69) is 15.6 Å². The number of anilines is 1. The van der Waals surface area contributed by atoms with Crippen LogP contribution in [-0.4, -0.2) is 28.4 Å². The lowest BCUT2D eigenvalue weighted by atomic mass is 10.1. The van der Waals surface area contributed by atoms with Gasteiger partial charge in [-0.05, 0) is 37.6 Å². The Morgan fingerprint density at radius 2 is 2.21 bits per heavy atom. The standard InChI is InChI=1S/C19H17F2N5O2/c1-10-5-12(6-22)7-23-18(10)11(2)24-16(27)9-26-8-13-15(25-19(26)28)4-3-14(20)17(13)21/h3-5,7,11H,8-9H2,1-2H3,(H,24,27)(H,25,28)/t11-/m1/s1. The van der Waals surface area contributed by atoms with Gasteiger partial charge in [0.2, 0.25) is 5.91 Å². The van der Waals surface area contributed by atoms with E-state index in [1.165, 1.54) is 12.3 Å². The molecule has 2 N–H and O–H groups in total. The van der Waals surface area contributed by atoms with Crippen molar-refractivity contribution in [3.05, 3.63) is 58.4 Å². The molecule has 1 aromatic carbocycles. The predicted molar refractivity (Wildman–Crippen MR) is 96.0 cm³/mol. The second kappa shape index (κ2) is 7.60. The highest BCUT2D eigenvalue weighted by Gasteiger charge is 2.28. The Balaban J connectivity index is 1.68. The van der Waals surface area contributed by atoms with Crippen LogP contribution in [0, 0.1) is 29.9 Å². The Bertz CT molecular complexity index is 1000. The maximum atomic E-state index is 14.0. The molecule has 0 radical (unpaired) electrons. The average Bonchev–Trinajstić information content (AvgIpc) is 2.65. The number of nitrogens with one attached hydrogen (secondary N) is 2. The molecule has 1 atom stereocenters. The molecule has 1 aromatic heterocycles. The number of fused-ring (bicyclic) bond motifs is 1. The van der Waals surface area contributed by atoms with Crippen LogP contribution in [0.25, 0.3) is 0 Å². The lowest BCUT2D eigenvalue weighted by molar-refractivity contribution is -0.122. The summed E-state index contributed by atoms with van der Waals surface area (Å²) in [6, 6.07) is 4.84. The minimum Gasteiger partial charge on any atom is -0.346 e. The summed E-state index contributed by atoms with van der Waals surface area (Å²) in [6.45, 7) is 2.94. The summed E-state index contributed by atoms with van der Waals surface area (Å²) >= 11 is 0. The number of carbonyl (C=O) groups is 2. The van der Waals surface area contributed by atoms with Crippen molar-refractivity contribution in [2.45, 2.75) is 26.4 Å². The van der Waals surface area contributed by atoms with Gasteiger partial charge in [0, 0.05) is 11.8 Å². The number of urea groups is 1. The number of carbonyl (C=O) groups excluding carboxylic acids is 2. The van der Waals surface area contributed by atoms with Gasteiger partial charge in [0.1, 0.15) is 12.6 Å². The molecule has 0 saturated carbocycles. The monoisotopic (exact) mass is 385 g/mol. The van der Waals surface area contributed by atoms with Crippen LogP contribution < -0.4 is 10.6 Å². The van der Waals surface area contributed by atoms with E-state index in [4.69, 9.17) is 5.26 Å². The number of amides is 3. The van der Waals surface area contributed by atoms with Crippen LogP contribution in [0.1, 0.15) is 35.3 Å². The Morgan fingerprint density at radius 1 is 1.46 bits per heavy atom. The molecule has 3 rings (SSSR count). The van der Waals surface area contributed by atoms with Crippen molar-refractivity contribution in [2.24, 2.45) is 0 Å². The van der Waals surface area contributed by atoms with Gasteiger partial charge in [-0.1, -0.05) is 0 Å². The highest BCUT2D eigenvalue weighted by Crippen LogP contribution is 2.27. The van der Waals surface area contributed by atoms with Crippen LogP contribution in [-0.2, 0) is 11.3 Å². The molecule has 7 nitrogen and oxygen atoms in total. The molecule has 2 aromatic rings. The van der Waals surface area contributed by atoms with Crippen LogP contribution in [0.5, 0.6) is 0 Å². The van der Waals surface area contributed by atoms with Crippen LogP contribution in [0.15, 0.2) is 24.4 Å². The molecule has 1 aliphatic heterocycles. The average molecular weight is 385 g/mol. The molecule has 2 heterocycles. The fourth-order valence-corrected chi connectivity index (χ4v) is 3.08. The number of nitrogens with zero attached hydrogens (tertiary/aromatic N) is 3. The van der Waals surface area contributed by atoms with Gasteiger partial charge >= 0.3 is 6.03 Å². The fourth-order valence-electron chi connectivity index (χ4n) is 3.08. The first-order valence-corrected chi connectivity index (χ1v) is 8.49. The van der Waals surface area contributed by atoms with Crippen molar-refractivity contribution >= 4 is 17.6 Å². The second-order valence-electron chi connectivity index (χ2n) is 6.50. The van der Waals surface area contributed by atoms with Crippen LogP contribution in [0.4, 0.5) is 19.3 Å². The normalized spacial score (nSPS) is 14.0. The van der Waals surface area contributed by atoms with Crippen molar-refractivity contribution in [3.63, 3.8) is 0 Å². The van der Waals surface area contributed by atoms with E-state index < -0.39 is 29.6 Å². The third-order valence-corrected chi connectivity index (χ3v) is 4.44.